The average Bonchev–Trinajstić information content (AvgIpc) is 3.05. The van der Waals surface area contributed by atoms with Gasteiger partial charge in [-0.05, 0) is 49.7 Å². The zero-order valence-corrected chi connectivity index (χ0v) is 10.8. The van der Waals surface area contributed by atoms with Gasteiger partial charge >= 0.3 is 0 Å². The van der Waals surface area contributed by atoms with Crippen LogP contribution in [0.5, 0.6) is 0 Å². The first-order valence-corrected chi connectivity index (χ1v) is 6.80. The lowest BCUT2D eigenvalue weighted by atomic mass is 10.1. The minimum atomic E-state index is 1.09. The van der Waals surface area contributed by atoms with Crippen molar-refractivity contribution in [1.29, 1.82) is 0 Å². The Balaban J connectivity index is 1.77. The number of fused-ring (bicyclic) bond motifs is 1. The minimum absolute atomic E-state index is 1.09. The summed E-state index contributed by atoms with van der Waals surface area (Å²) in [4.78, 5) is 2.56. The van der Waals surface area contributed by atoms with Crippen molar-refractivity contribution in [2.24, 2.45) is 0 Å². The van der Waals surface area contributed by atoms with E-state index in [1.54, 1.807) is 0 Å². The third-order valence-corrected chi connectivity index (χ3v) is 3.89. The highest BCUT2D eigenvalue weighted by Crippen LogP contribution is 2.18. The molecule has 0 spiro atoms. The molecule has 18 heavy (non-hydrogen) atoms. The van der Waals surface area contributed by atoms with Gasteiger partial charge in [-0.15, -0.1) is 0 Å². The topological polar surface area (TPSA) is 8.17 Å². The summed E-state index contributed by atoms with van der Waals surface area (Å²) in [5, 5.41) is 1.31. The number of rotatable bonds is 4. The van der Waals surface area contributed by atoms with Crippen LogP contribution >= 0.6 is 0 Å². The predicted octanol–water partition coefficient (Wildman–Crippen LogP) is 3.38. The maximum absolute atomic E-state index is 3.82. The standard InChI is InChI=1S/C16H20N2/c1-2-14-5-6-16-15(13-14)7-10-18(16)12-11-17-8-3-4-9-17/h2,5-7,10,13H,1,3-4,8-9,11-12H2. The molecule has 0 saturated carbocycles. The van der Waals surface area contributed by atoms with Gasteiger partial charge in [-0.25, -0.2) is 0 Å². The number of aromatic nitrogens is 1. The fraction of sp³-hybridized carbons (Fsp3) is 0.375. The van der Waals surface area contributed by atoms with Crippen molar-refractivity contribution in [3.63, 3.8) is 0 Å². The quantitative estimate of drug-likeness (QED) is 0.795. The molecule has 1 fully saturated rings. The van der Waals surface area contributed by atoms with Crippen LogP contribution in [0.1, 0.15) is 18.4 Å². The van der Waals surface area contributed by atoms with Crippen molar-refractivity contribution in [3.05, 3.63) is 42.6 Å². The van der Waals surface area contributed by atoms with Crippen LogP contribution in [0.15, 0.2) is 37.0 Å². The highest BCUT2D eigenvalue weighted by atomic mass is 15.2. The van der Waals surface area contributed by atoms with Gasteiger partial charge < -0.3 is 9.47 Å². The summed E-state index contributed by atoms with van der Waals surface area (Å²) in [5.74, 6) is 0. The van der Waals surface area contributed by atoms with Crippen molar-refractivity contribution in [3.8, 4) is 0 Å². The molecule has 0 N–H and O–H groups in total. The summed E-state index contributed by atoms with van der Waals surface area (Å²) in [6, 6.07) is 8.75. The van der Waals surface area contributed by atoms with Crippen LogP contribution < -0.4 is 0 Å². The summed E-state index contributed by atoms with van der Waals surface area (Å²) in [6.07, 6.45) is 6.85. The molecule has 0 aliphatic carbocycles. The Labute approximate surface area is 109 Å². The maximum Gasteiger partial charge on any atom is 0.0481 e. The smallest absolute Gasteiger partial charge is 0.0481 e. The lowest BCUT2D eigenvalue weighted by molar-refractivity contribution is 0.324. The normalized spacial score (nSPS) is 16.4. The second kappa shape index (κ2) is 4.99. The van der Waals surface area contributed by atoms with Crippen LogP contribution in [0.4, 0.5) is 0 Å². The Morgan fingerprint density at radius 1 is 1.11 bits per heavy atom. The number of nitrogens with zero attached hydrogens (tertiary/aromatic N) is 2. The van der Waals surface area contributed by atoms with Crippen molar-refractivity contribution in [2.75, 3.05) is 19.6 Å². The zero-order chi connectivity index (χ0) is 12.4. The van der Waals surface area contributed by atoms with E-state index in [1.807, 2.05) is 6.08 Å². The lowest BCUT2D eigenvalue weighted by Crippen LogP contribution is -2.23. The zero-order valence-electron chi connectivity index (χ0n) is 10.8. The molecule has 94 valence electrons. The summed E-state index contributed by atoms with van der Waals surface area (Å²) >= 11 is 0. The van der Waals surface area contributed by atoms with E-state index in [2.05, 4.69) is 46.5 Å². The van der Waals surface area contributed by atoms with E-state index in [4.69, 9.17) is 0 Å². The highest BCUT2D eigenvalue weighted by Gasteiger charge is 2.11. The van der Waals surface area contributed by atoms with E-state index in [-0.39, 0.29) is 0 Å². The molecule has 0 unspecified atom stereocenters. The van der Waals surface area contributed by atoms with Crippen LogP contribution in [0.2, 0.25) is 0 Å². The van der Waals surface area contributed by atoms with Crippen LogP contribution in [-0.2, 0) is 6.54 Å². The molecule has 0 amide bonds. The van der Waals surface area contributed by atoms with Gasteiger partial charge in [-0.3, -0.25) is 0 Å². The molecule has 2 heterocycles. The van der Waals surface area contributed by atoms with Gasteiger partial charge in [-0.2, -0.15) is 0 Å². The second-order valence-electron chi connectivity index (χ2n) is 5.08. The van der Waals surface area contributed by atoms with Crippen LogP contribution in [0.3, 0.4) is 0 Å². The summed E-state index contributed by atoms with van der Waals surface area (Å²) in [5.41, 5.74) is 2.53. The predicted molar refractivity (Wildman–Crippen MR) is 77.7 cm³/mol. The van der Waals surface area contributed by atoms with Gasteiger partial charge in [0, 0.05) is 30.2 Å². The second-order valence-corrected chi connectivity index (χ2v) is 5.08. The Kier molecular flexibility index (Phi) is 3.20. The van der Waals surface area contributed by atoms with Crippen molar-refractivity contribution < 1.29 is 0 Å². The molecule has 0 bridgehead atoms. The third-order valence-electron chi connectivity index (χ3n) is 3.89. The average molecular weight is 240 g/mol. The van der Waals surface area contributed by atoms with E-state index in [9.17, 15) is 0 Å². The molecule has 3 rings (SSSR count). The molecular weight excluding hydrogens is 220 g/mol. The molecule has 2 nitrogen and oxygen atoms in total. The van der Waals surface area contributed by atoms with Crippen LogP contribution in [0, 0.1) is 0 Å². The van der Waals surface area contributed by atoms with Gasteiger partial charge in [0.2, 0.25) is 0 Å². The van der Waals surface area contributed by atoms with E-state index < -0.39 is 0 Å². The number of benzene rings is 1. The molecule has 0 radical (unpaired) electrons. The monoisotopic (exact) mass is 240 g/mol. The first-order chi connectivity index (χ1) is 8.86. The molecule has 2 aromatic rings. The summed E-state index contributed by atoms with van der Waals surface area (Å²) in [7, 11) is 0. The minimum Gasteiger partial charge on any atom is -0.346 e. The lowest BCUT2D eigenvalue weighted by Gasteiger charge is -2.15. The number of hydrogen-bond donors (Lipinski definition) is 0. The van der Waals surface area contributed by atoms with Gasteiger partial charge in [0.25, 0.3) is 0 Å². The maximum atomic E-state index is 3.82. The van der Waals surface area contributed by atoms with Crippen LogP contribution in [-0.4, -0.2) is 29.1 Å². The SMILES string of the molecule is C=Cc1ccc2c(ccn2CCN2CCCC2)c1. The molecule has 1 aromatic carbocycles. The Bertz CT molecular complexity index is 547. The third kappa shape index (κ3) is 2.21. The molecular formula is C16H20N2. The van der Waals surface area contributed by atoms with Crippen molar-refractivity contribution in [1.82, 2.24) is 9.47 Å². The summed E-state index contributed by atoms with van der Waals surface area (Å²) in [6.45, 7) is 8.64. The molecule has 1 aliphatic heterocycles. The molecule has 1 aliphatic rings. The fourth-order valence-electron chi connectivity index (χ4n) is 2.80. The Morgan fingerprint density at radius 3 is 2.72 bits per heavy atom. The molecule has 0 atom stereocenters. The molecule has 2 heteroatoms. The van der Waals surface area contributed by atoms with Gasteiger partial charge in [0.05, 0.1) is 0 Å². The van der Waals surface area contributed by atoms with Crippen molar-refractivity contribution in [2.45, 2.75) is 19.4 Å². The summed E-state index contributed by atoms with van der Waals surface area (Å²) < 4.78 is 2.36. The first-order valence-electron chi connectivity index (χ1n) is 6.80. The fourth-order valence-corrected chi connectivity index (χ4v) is 2.80. The number of hydrogen-bond acceptors (Lipinski definition) is 1. The Morgan fingerprint density at radius 2 is 1.94 bits per heavy atom. The van der Waals surface area contributed by atoms with Crippen molar-refractivity contribution >= 4 is 17.0 Å². The van der Waals surface area contributed by atoms with E-state index in [1.165, 1.54) is 48.9 Å². The van der Waals surface area contributed by atoms with E-state index in [0.29, 0.717) is 0 Å². The van der Waals surface area contributed by atoms with Gasteiger partial charge in [0.15, 0.2) is 0 Å². The van der Waals surface area contributed by atoms with Gasteiger partial charge in [0.1, 0.15) is 0 Å². The first kappa shape index (κ1) is 11.5. The molecule has 1 saturated heterocycles. The molecule has 1 aromatic heterocycles. The van der Waals surface area contributed by atoms with E-state index >= 15 is 0 Å². The van der Waals surface area contributed by atoms with Crippen LogP contribution in [0.25, 0.3) is 17.0 Å². The Hall–Kier alpha value is -1.54. The number of likely N-dealkylation sites (tertiary alicyclic amines) is 1. The van der Waals surface area contributed by atoms with E-state index in [0.717, 1.165) is 6.54 Å². The largest absolute Gasteiger partial charge is 0.346 e. The van der Waals surface area contributed by atoms with Gasteiger partial charge in [-0.1, -0.05) is 18.7 Å². The highest BCUT2D eigenvalue weighted by molar-refractivity contribution is 5.82.